The molecule has 0 radical (unpaired) electrons. The van der Waals surface area contributed by atoms with Crippen LogP contribution in [0.1, 0.15) is 36.8 Å². The van der Waals surface area contributed by atoms with Gasteiger partial charge < -0.3 is 15.4 Å². The van der Waals surface area contributed by atoms with Crippen molar-refractivity contribution in [2.75, 3.05) is 6.54 Å². The summed E-state index contributed by atoms with van der Waals surface area (Å²) in [6, 6.07) is 14.6. The lowest BCUT2D eigenvalue weighted by atomic mass is 9.89. The molecule has 0 amide bonds. The van der Waals surface area contributed by atoms with Gasteiger partial charge in [-0.3, -0.25) is 0 Å². The molecule has 2 aliphatic carbocycles. The van der Waals surface area contributed by atoms with Gasteiger partial charge in [0.2, 0.25) is 0 Å². The number of nitrogens with zero attached hydrogens (tertiary/aromatic N) is 1. The van der Waals surface area contributed by atoms with Crippen molar-refractivity contribution in [3.8, 4) is 5.75 Å². The summed E-state index contributed by atoms with van der Waals surface area (Å²) in [5, 5.41) is 0.812. The van der Waals surface area contributed by atoms with Crippen molar-refractivity contribution in [3.63, 3.8) is 0 Å². The minimum atomic E-state index is -0.230. The fraction of sp³-hybridized carbons (Fsp3) is 0.333. The van der Waals surface area contributed by atoms with Gasteiger partial charge in [-0.25, -0.2) is 0 Å². The third-order valence-corrected chi connectivity index (χ3v) is 6.87. The highest BCUT2D eigenvalue weighted by Gasteiger charge is 2.45. The number of ether oxygens (including phenoxy) is 1. The molecule has 0 bridgehead atoms. The van der Waals surface area contributed by atoms with Gasteiger partial charge in [-0.2, -0.15) is 0 Å². The molecular formula is C24H24ClIN2O. The highest BCUT2D eigenvalue weighted by molar-refractivity contribution is 14.1. The zero-order valence-electron chi connectivity index (χ0n) is 16.2. The number of rotatable bonds is 6. The van der Waals surface area contributed by atoms with Crippen LogP contribution < -0.4 is 10.5 Å². The smallest absolute Gasteiger partial charge is 0.127 e. The summed E-state index contributed by atoms with van der Waals surface area (Å²) in [4.78, 5) is 2.31. The van der Waals surface area contributed by atoms with Gasteiger partial charge in [0.05, 0.1) is 6.10 Å². The Hall–Kier alpha value is -1.50. The SMILES string of the molecule is NC1(C2=CN(Cc3cc(I)ccc3Cl)CC=C2c2ccccc2OC2CC2)CC1. The standard InChI is InChI=1S/C24H24ClIN2O/c25-22-8-5-17(26)13-16(22)14-28-12-9-19(21(15-28)24(27)10-11-24)20-3-1-2-4-23(20)29-18-6-7-18/h1-5,8-9,13,15,18H,6-7,10-12,14,27H2. The molecule has 2 saturated carbocycles. The molecule has 3 aliphatic rings. The molecule has 1 aliphatic heterocycles. The Kier molecular flexibility index (Phi) is 5.13. The first-order chi connectivity index (χ1) is 14.0. The number of hydrogen-bond donors (Lipinski definition) is 1. The molecule has 3 nitrogen and oxygen atoms in total. The minimum Gasteiger partial charge on any atom is -0.490 e. The second-order valence-electron chi connectivity index (χ2n) is 8.30. The van der Waals surface area contributed by atoms with Crippen molar-refractivity contribution in [2.24, 2.45) is 5.73 Å². The Labute approximate surface area is 190 Å². The molecule has 0 unspecified atom stereocenters. The van der Waals surface area contributed by atoms with Crippen LogP contribution in [-0.4, -0.2) is 23.1 Å². The zero-order chi connectivity index (χ0) is 20.0. The average molecular weight is 519 g/mol. The lowest BCUT2D eigenvalue weighted by molar-refractivity contribution is 0.302. The fourth-order valence-corrected chi connectivity index (χ4v) is 4.56. The summed E-state index contributed by atoms with van der Waals surface area (Å²) >= 11 is 8.78. The van der Waals surface area contributed by atoms with Crippen LogP contribution in [-0.2, 0) is 6.54 Å². The van der Waals surface area contributed by atoms with E-state index < -0.39 is 0 Å². The quantitative estimate of drug-likeness (QED) is 0.494. The maximum Gasteiger partial charge on any atom is 0.127 e. The molecule has 0 aromatic heterocycles. The summed E-state index contributed by atoms with van der Waals surface area (Å²) < 4.78 is 7.40. The van der Waals surface area contributed by atoms with E-state index in [1.54, 1.807) is 0 Å². The largest absolute Gasteiger partial charge is 0.490 e. The molecule has 2 N–H and O–H groups in total. The van der Waals surface area contributed by atoms with E-state index in [0.717, 1.165) is 60.7 Å². The van der Waals surface area contributed by atoms with Crippen LogP contribution in [0.4, 0.5) is 0 Å². The van der Waals surface area contributed by atoms with E-state index >= 15 is 0 Å². The van der Waals surface area contributed by atoms with Crippen molar-refractivity contribution < 1.29 is 4.74 Å². The second kappa shape index (κ2) is 7.64. The van der Waals surface area contributed by atoms with E-state index in [2.05, 4.69) is 70.1 Å². The maximum absolute atomic E-state index is 6.72. The van der Waals surface area contributed by atoms with Crippen LogP contribution >= 0.6 is 34.2 Å². The third-order valence-electron chi connectivity index (χ3n) is 5.83. The van der Waals surface area contributed by atoms with Crippen LogP contribution in [0.2, 0.25) is 5.02 Å². The fourth-order valence-electron chi connectivity index (χ4n) is 3.83. The summed E-state index contributed by atoms with van der Waals surface area (Å²) in [6.07, 6.45) is 9.30. The van der Waals surface area contributed by atoms with Crippen LogP contribution in [0.5, 0.6) is 5.75 Å². The van der Waals surface area contributed by atoms with E-state index in [9.17, 15) is 0 Å². The maximum atomic E-state index is 6.72. The number of nitrogens with two attached hydrogens (primary N) is 1. The summed E-state index contributed by atoms with van der Waals surface area (Å²) in [7, 11) is 0. The molecule has 150 valence electrons. The van der Waals surface area contributed by atoms with Crippen molar-refractivity contribution in [2.45, 2.75) is 43.9 Å². The van der Waals surface area contributed by atoms with Gasteiger partial charge in [-0.1, -0.05) is 35.9 Å². The number of hydrogen-bond acceptors (Lipinski definition) is 3. The molecule has 2 fully saturated rings. The van der Waals surface area contributed by atoms with Gasteiger partial charge in [-0.15, -0.1) is 0 Å². The van der Waals surface area contributed by atoms with Crippen LogP contribution in [0.3, 0.4) is 0 Å². The number of benzene rings is 2. The summed E-state index contributed by atoms with van der Waals surface area (Å²) in [6.45, 7) is 1.60. The molecule has 0 spiro atoms. The minimum absolute atomic E-state index is 0.230. The first-order valence-corrected chi connectivity index (χ1v) is 11.6. The Bertz CT molecular complexity index is 1010. The van der Waals surface area contributed by atoms with Gasteiger partial charge in [0.1, 0.15) is 5.75 Å². The number of halogens is 2. The van der Waals surface area contributed by atoms with Crippen LogP contribution in [0.15, 0.2) is 60.3 Å². The topological polar surface area (TPSA) is 38.5 Å². The zero-order valence-corrected chi connectivity index (χ0v) is 19.1. The van der Waals surface area contributed by atoms with Crippen LogP contribution in [0, 0.1) is 3.57 Å². The first kappa shape index (κ1) is 19.5. The van der Waals surface area contributed by atoms with Gasteiger partial charge in [-0.05, 0) is 89.2 Å². The lowest BCUT2D eigenvalue weighted by Crippen LogP contribution is -2.31. The monoisotopic (exact) mass is 518 g/mol. The van der Waals surface area contributed by atoms with E-state index in [1.807, 2.05) is 12.1 Å². The Balaban J connectivity index is 1.46. The molecule has 0 atom stereocenters. The molecule has 29 heavy (non-hydrogen) atoms. The molecule has 5 rings (SSSR count). The Morgan fingerprint density at radius 3 is 2.72 bits per heavy atom. The Morgan fingerprint density at radius 1 is 1.17 bits per heavy atom. The van der Waals surface area contributed by atoms with Gasteiger partial charge in [0.15, 0.2) is 0 Å². The number of para-hydroxylation sites is 1. The van der Waals surface area contributed by atoms with E-state index in [4.69, 9.17) is 22.1 Å². The lowest BCUT2D eigenvalue weighted by Gasteiger charge is -2.30. The van der Waals surface area contributed by atoms with Crippen molar-refractivity contribution >= 4 is 39.8 Å². The highest BCUT2D eigenvalue weighted by atomic mass is 127. The molecule has 0 saturated heterocycles. The molecule has 2 aromatic carbocycles. The van der Waals surface area contributed by atoms with E-state index in [0.29, 0.717) is 6.10 Å². The van der Waals surface area contributed by atoms with Crippen molar-refractivity contribution in [1.29, 1.82) is 0 Å². The summed E-state index contributed by atoms with van der Waals surface area (Å²) in [5.74, 6) is 0.977. The van der Waals surface area contributed by atoms with E-state index in [1.165, 1.54) is 14.7 Å². The predicted octanol–water partition coefficient (Wildman–Crippen LogP) is 5.76. The molecular weight excluding hydrogens is 495 g/mol. The van der Waals surface area contributed by atoms with Gasteiger partial charge >= 0.3 is 0 Å². The highest BCUT2D eigenvalue weighted by Crippen LogP contribution is 2.48. The van der Waals surface area contributed by atoms with Gasteiger partial charge in [0.25, 0.3) is 0 Å². The second-order valence-corrected chi connectivity index (χ2v) is 9.95. The predicted molar refractivity (Wildman–Crippen MR) is 127 cm³/mol. The normalized spacial score (nSPS) is 20.2. The Morgan fingerprint density at radius 2 is 1.97 bits per heavy atom. The van der Waals surface area contributed by atoms with Crippen molar-refractivity contribution in [3.05, 3.63) is 80.0 Å². The third kappa shape index (κ3) is 4.21. The molecule has 5 heteroatoms. The summed E-state index contributed by atoms with van der Waals surface area (Å²) in [5.41, 5.74) is 11.2. The van der Waals surface area contributed by atoms with Crippen molar-refractivity contribution in [1.82, 2.24) is 4.90 Å². The molecule has 2 aromatic rings. The first-order valence-electron chi connectivity index (χ1n) is 10.2. The van der Waals surface area contributed by atoms with Crippen LogP contribution in [0.25, 0.3) is 5.57 Å². The molecule has 1 heterocycles. The van der Waals surface area contributed by atoms with Gasteiger partial charge in [0, 0.05) is 39.0 Å². The van der Waals surface area contributed by atoms with E-state index in [-0.39, 0.29) is 5.54 Å². The average Bonchev–Trinajstić information content (AvgIpc) is 3.64.